The molecule has 5 rings (SSSR count). The van der Waals surface area contributed by atoms with Gasteiger partial charge in [0, 0.05) is 36.7 Å². The van der Waals surface area contributed by atoms with Crippen LogP contribution in [0.4, 0.5) is 11.4 Å². The van der Waals surface area contributed by atoms with Crippen LogP contribution in [0.25, 0.3) is 0 Å². The van der Waals surface area contributed by atoms with Crippen LogP contribution in [0.2, 0.25) is 5.02 Å². The summed E-state index contributed by atoms with van der Waals surface area (Å²) in [5.41, 5.74) is 1.34. The predicted molar refractivity (Wildman–Crippen MR) is 179 cm³/mol. The first kappa shape index (κ1) is 32.3. The van der Waals surface area contributed by atoms with Crippen LogP contribution < -0.4 is 9.80 Å². The number of fused-ring (bicyclic) bond motifs is 1. The SMILES string of the molecule is C=CCN(C(=O)[C@H]1[C@H]2C(=O)N(CCCCCCO)C(C(=O)N(CC=C)c3ccccc3Cl)C23CC[C@]1(C)S3)c1ccccc1. The van der Waals surface area contributed by atoms with E-state index in [1.807, 2.05) is 48.5 Å². The Morgan fingerprint density at radius 1 is 0.977 bits per heavy atom. The monoisotopic (exact) mass is 635 g/mol. The Balaban J connectivity index is 1.56. The summed E-state index contributed by atoms with van der Waals surface area (Å²) in [6, 6.07) is 16.0. The Morgan fingerprint density at radius 3 is 2.32 bits per heavy atom. The van der Waals surface area contributed by atoms with Crippen LogP contribution in [0.5, 0.6) is 0 Å². The number of hydrogen-bond donors (Lipinski definition) is 1. The topological polar surface area (TPSA) is 81.2 Å². The van der Waals surface area contributed by atoms with Crippen LogP contribution in [0.15, 0.2) is 79.9 Å². The number of aliphatic hydroxyl groups is 1. The van der Waals surface area contributed by atoms with Crippen molar-refractivity contribution >= 4 is 52.5 Å². The fraction of sp³-hybridized carbons (Fsp3) is 0.457. The maximum absolute atomic E-state index is 14.8. The maximum atomic E-state index is 14.8. The van der Waals surface area contributed by atoms with E-state index < -0.39 is 27.4 Å². The highest BCUT2D eigenvalue weighted by Crippen LogP contribution is 2.71. The highest BCUT2D eigenvalue weighted by atomic mass is 35.5. The van der Waals surface area contributed by atoms with Gasteiger partial charge in [0.05, 0.1) is 27.3 Å². The lowest BCUT2D eigenvalue weighted by Gasteiger charge is -2.38. The van der Waals surface area contributed by atoms with E-state index in [1.165, 1.54) is 0 Å². The molecule has 3 saturated heterocycles. The number of aliphatic hydroxyl groups excluding tert-OH is 1. The molecule has 2 aromatic carbocycles. The number of carbonyl (C=O) groups is 3. The Morgan fingerprint density at radius 2 is 1.64 bits per heavy atom. The second kappa shape index (κ2) is 13.5. The van der Waals surface area contributed by atoms with Crippen molar-refractivity contribution in [3.63, 3.8) is 0 Å². The van der Waals surface area contributed by atoms with Gasteiger partial charge >= 0.3 is 0 Å². The Kier molecular flexibility index (Phi) is 9.93. The van der Waals surface area contributed by atoms with Gasteiger partial charge in [0.25, 0.3) is 5.91 Å². The van der Waals surface area contributed by atoms with E-state index >= 15 is 0 Å². The zero-order valence-electron chi connectivity index (χ0n) is 25.4. The van der Waals surface area contributed by atoms with Crippen LogP contribution in [0.1, 0.15) is 45.4 Å². The van der Waals surface area contributed by atoms with Crippen LogP contribution in [-0.4, -0.2) is 69.5 Å². The molecule has 7 nitrogen and oxygen atoms in total. The fourth-order valence-corrected chi connectivity index (χ4v) is 10.1. The first-order valence-corrected chi connectivity index (χ1v) is 16.7. The Bertz CT molecular complexity index is 1410. The number of likely N-dealkylation sites (tertiary alicyclic amines) is 1. The number of rotatable bonds is 14. The average molecular weight is 636 g/mol. The number of anilines is 2. The normalized spacial score (nSPS) is 26.8. The molecule has 3 amide bonds. The van der Waals surface area contributed by atoms with Gasteiger partial charge in [-0.25, -0.2) is 0 Å². The summed E-state index contributed by atoms with van der Waals surface area (Å²) in [6.45, 7) is 11.0. The van der Waals surface area contributed by atoms with Crippen LogP contribution in [0.3, 0.4) is 0 Å². The zero-order valence-corrected chi connectivity index (χ0v) is 26.9. The molecule has 2 unspecified atom stereocenters. The summed E-state index contributed by atoms with van der Waals surface area (Å²) in [5, 5.41) is 9.70. The number of halogens is 1. The van der Waals surface area contributed by atoms with Gasteiger partial charge in [-0.1, -0.05) is 66.9 Å². The molecule has 3 aliphatic heterocycles. The number of amides is 3. The van der Waals surface area contributed by atoms with E-state index in [0.717, 1.165) is 24.9 Å². The van der Waals surface area contributed by atoms with Crippen molar-refractivity contribution in [1.29, 1.82) is 0 Å². The molecule has 0 aromatic heterocycles. The van der Waals surface area contributed by atoms with Crippen molar-refractivity contribution in [1.82, 2.24) is 4.90 Å². The van der Waals surface area contributed by atoms with E-state index in [4.69, 9.17) is 11.6 Å². The third-order valence-corrected chi connectivity index (χ3v) is 11.8. The van der Waals surface area contributed by atoms with Gasteiger partial charge < -0.3 is 19.8 Å². The molecule has 3 aliphatic rings. The Hall–Kier alpha value is -3.07. The predicted octanol–water partition coefficient (Wildman–Crippen LogP) is 6.11. The number of para-hydroxylation sites is 2. The lowest BCUT2D eigenvalue weighted by Crippen LogP contribution is -2.55. The molecule has 1 spiro atoms. The van der Waals surface area contributed by atoms with Crippen molar-refractivity contribution in [2.75, 3.05) is 36.0 Å². The number of unbranched alkanes of at least 4 members (excludes halogenated alkanes) is 3. The number of nitrogens with zero attached hydrogens (tertiary/aromatic N) is 3. The van der Waals surface area contributed by atoms with Gasteiger partial charge in [-0.3, -0.25) is 14.4 Å². The average Bonchev–Trinajstić information content (AvgIpc) is 3.59. The summed E-state index contributed by atoms with van der Waals surface area (Å²) in [4.78, 5) is 49.2. The molecule has 2 bridgehead atoms. The van der Waals surface area contributed by atoms with E-state index in [9.17, 15) is 19.5 Å². The highest BCUT2D eigenvalue weighted by molar-refractivity contribution is 8.02. The number of hydrogen-bond acceptors (Lipinski definition) is 5. The number of carbonyl (C=O) groups excluding carboxylic acids is 3. The molecular weight excluding hydrogens is 594 g/mol. The van der Waals surface area contributed by atoms with Crippen LogP contribution in [0, 0.1) is 11.8 Å². The lowest BCUT2D eigenvalue weighted by atomic mass is 9.66. The molecule has 234 valence electrons. The van der Waals surface area contributed by atoms with Crippen LogP contribution in [-0.2, 0) is 14.4 Å². The molecular formula is C35H42ClN3O4S. The van der Waals surface area contributed by atoms with Crippen molar-refractivity contribution in [3.8, 4) is 0 Å². The molecule has 0 radical (unpaired) electrons. The van der Waals surface area contributed by atoms with E-state index in [0.29, 0.717) is 43.1 Å². The summed E-state index contributed by atoms with van der Waals surface area (Å²) in [5.74, 6) is -1.63. The van der Waals surface area contributed by atoms with Gasteiger partial charge in [-0.05, 0) is 56.9 Å². The highest BCUT2D eigenvalue weighted by Gasteiger charge is 2.77. The maximum Gasteiger partial charge on any atom is 0.251 e. The van der Waals surface area contributed by atoms with E-state index in [2.05, 4.69) is 20.1 Å². The Labute approximate surface area is 269 Å². The summed E-state index contributed by atoms with van der Waals surface area (Å²) in [7, 11) is 0. The van der Waals surface area contributed by atoms with Gasteiger partial charge in [-0.2, -0.15) is 0 Å². The van der Waals surface area contributed by atoms with Gasteiger partial charge in [0.2, 0.25) is 11.8 Å². The van der Waals surface area contributed by atoms with Crippen molar-refractivity contribution < 1.29 is 19.5 Å². The molecule has 1 N–H and O–H groups in total. The number of thioether (sulfide) groups is 1. The van der Waals surface area contributed by atoms with Gasteiger partial charge in [-0.15, -0.1) is 24.9 Å². The standard InChI is InChI=1S/C35H42ClN3O4S/c1-4-21-37(25-15-9-8-10-16-25)31(41)28-29-32(42)39(23-13-6-7-14-24-40)30(35(29)20-19-34(28,3)44-35)33(43)38(22-5-2)27-18-12-11-17-26(27)36/h4-5,8-12,15-18,28-30,40H,1-2,6-7,13-14,19-24H2,3H3/t28-,29+,30?,34+,35?/m1/s1. The molecule has 3 heterocycles. The minimum atomic E-state index is -0.747. The lowest BCUT2D eigenvalue weighted by molar-refractivity contribution is -0.139. The summed E-state index contributed by atoms with van der Waals surface area (Å²) >= 11 is 8.28. The quantitative estimate of drug-likeness (QED) is 0.200. The second-order valence-corrected chi connectivity index (χ2v) is 14.5. The zero-order chi connectivity index (χ0) is 31.5. The largest absolute Gasteiger partial charge is 0.396 e. The first-order chi connectivity index (χ1) is 21.2. The molecule has 0 saturated carbocycles. The summed E-state index contributed by atoms with van der Waals surface area (Å²) < 4.78 is -1.24. The minimum absolute atomic E-state index is 0.101. The fourth-order valence-electron chi connectivity index (χ4n) is 7.55. The third kappa shape index (κ3) is 5.61. The molecule has 5 atom stereocenters. The number of benzene rings is 2. The van der Waals surface area contributed by atoms with Crippen LogP contribution >= 0.6 is 23.4 Å². The van der Waals surface area contributed by atoms with Gasteiger partial charge in [0.1, 0.15) is 6.04 Å². The first-order valence-electron chi connectivity index (χ1n) is 15.5. The van der Waals surface area contributed by atoms with E-state index in [-0.39, 0.29) is 30.9 Å². The molecule has 0 aliphatic carbocycles. The molecule has 9 heteroatoms. The van der Waals surface area contributed by atoms with Gasteiger partial charge in [0.15, 0.2) is 0 Å². The summed E-state index contributed by atoms with van der Waals surface area (Å²) in [6.07, 6.45) is 7.87. The van der Waals surface area contributed by atoms with E-state index in [1.54, 1.807) is 44.7 Å². The molecule has 3 fully saturated rings. The third-order valence-electron chi connectivity index (χ3n) is 9.45. The molecule has 2 aromatic rings. The molecule has 44 heavy (non-hydrogen) atoms. The minimum Gasteiger partial charge on any atom is -0.396 e. The van der Waals surface area contributed by atoms with Crippen molar-refractivity contribution in [2.24, 2.45) is 11.8 Å². The van der Waals surface area contributed by atoms with Crippen molar-refractivity contribution in [3.05, 3.63) is 84.9 Å². The van der Waals surface area contributed by atoms with Crippen molar-refractivity contribution in [2.45, 2.75) is 61.0 Å². The second-order valence-electron chi connectivity index (χ2n) is 12.2. The smallest absolute Gasteiger partial charge is 0.251 e.